The lowest BCUT2D eigenvalue weighted by Gasteiger charge is -2.19. The number of hydrogen-bond donors (Lipinski definition) is 1. The van der Waals surface area contributed by atoms with Gasteiger partial charge in [-0.3, -0.25) is 4.79 Å². The van der Waals surface area contributed by atoms with Gasteiger partial charge in [-0.25, -0.2) is 4.79 Å². The highest BCUT2D eigenvalue weighted by Crippen LogP contribution is 2.32. The van der Waals surface area contributed by atoms with Crippen LogP contribution in [0.1, 0.15) is 10.4 Å². The van der Waals surface area contributed by atoms with E-state index in [2.05, 4.69) is 5.32 Å². The maximum absolute atomic E-state index is 12.5. The number of anilines is 1. The molecular weight excluding hydrogens is 374 g/mol. The summed E-state index contributed by atoms with van der Waals surface area (Å²) in [5.74, 6) is 0.824. The van der Waals surface area contributed by atoms with Crippen LogP contribution in [-0.2, 0) is 9.53 Å². The maximum Gasteiger partial charge on any atom is 0.339 e. The minimum absolute atomic E-state index is 0.369. The highest BCUT2D eigenvalue weighted by Gasteiger charge is 2.16. The van der Waals surface area contributed by atoms with Crippen molar-refractivity contribution < 1.29 is 28.5 Å². The third-order valence-corrected chi connectivity index (χ3v) is 4.48. The van der Waals surface area contributed by atoms with Crippen molar-refractivity contribution in [1.29, 1.82) is 0 Å². The zero-order valence-corrected chi connectivity index (χ0v) is 15.8. The average molecular weight is 393 g/mol. The second kappa shape index (κ2) is 8.10. The van der Waals surface area contributed by atoms with Crippen LogP contribution in [0.25, 0.3) is 10.8 Å². The van der Waals surface area contributed by atoms with E-state index in [4.69, 9.17) is 18.9 Å². The number of methoxy groups -OCH3 is 1. The summed E-state index contributed by atoms with van der Waals surface area (Å²) in [5.41, 5.74) is 0.902. The molecule has 3 aromatic rings. The van der Waals surface area contributed by atoms with Gasteiger partial charge in [-0.15, -0.1) is 0 Å². The molecule has 0 saturated heterocycles. The SMILES string of the molecule is COc1ccc(C(=O)OCC(=O)Nc2ccc3c(c2)OCCO3)c2ccccc12. The van der Waals surface area contributed by atoms with Crippen molar-refractivity contribution >= 4 is 28.3 Å². The van der Waals surface area contributed by atoms with Crippen LogP contribution in [0.5, 0.6) is 17.2 Å². The van der Waals surface area contributed by atoms with Crippen molar-refractivity contribution in [3.63, 3.8) is 0 Å². The first kappa shape index (κ1) is 18.6. The fourth-order valence-electron chi connectivity index (χ4n) is 3.15. The van der Waals surface area contributed by atoms with Gasteiger partial charge in [-0.1, -0.05) is 24.3 Å². The number of carbonyl (C=O) groups excluding carboxylic acids is 2. The molecule has 0 aromatic heterocycles. The van der Waals surface area contributed by atoms with Crippen molar-refractivity contribution in [1.82, 2.24) is 0 Å². The summed E-state index contributed by atoms with van der Waals surface area (Å²) >= 11 is 0. The van der Waals surface area contributed by atoms with Crippen molar-refractivity contribution in [2.75, 3.05) is 32.2 Å². The average Bonchev–Trinajstić information content (AvgIpc) is 2.76. The smallest absolute Gasteiger partial charge is 0.339 e. The van der Waals surface area contributed by atoms with Crippen LogP contribution in [-0.4, -0.2) is 38.8 Å². The Hall–Kier alpha value is -3.74. The molecule has 7 nitrogen and oxygen atoms in total. The van der Waals surface area contributed by atoms with E-state index in [0.29, 0.717) is 47.1 Å². The minimum atomic E-state index is -0.582. The lowest BCUT2D eigenvalue weighted by molar-refractivity contribution is -0.119. The van der Waals surface area contributed by atoms with Crippen LogP contribution >= 0.6 is 0 Å². The summed E-state index contributed by atoms with van der Waals surface area (Å²) in [6, 6.07) is 15.8. The van der Waals surface area contributed by atoms with Gasteiger partial charge in [-0.05, 0) is 29.7 Å². The number of nitrogens with one attached hydrogen (secondary N) is 1. The molecular formula is C22H19NO6. The normalized spacial score (nSPS) is 12.3. The molecule has 148 valence electrons. The molecule has 0 radical (unpaired) electrons. The Morgan fingerprint density at radius 3 is 2.52 bits per heavy atom. The van der Waals surface area contributed by atoms with E-state index in [1.165, 1.54) is 0 Å². The van der Waals surface area contributed by atoms with Gasteiger partial charge in [0.05, 0.1) is 12.7 Å². The van der Waals surface area contributed by atoms with Gasteiger partial charge >= 0.3 is 5.97 Å². The molecule has 7 heteroatoms. The Morgan fingerprint density at radius 2 is 1.72 bits per heavy atom. The number of hydrogen-bond acceptors (Lipinski definition) is 6. The predicted molar refractivity (Wildman–Crippen MR) is 107 cm³/mol. The van der Waals surface area contributed by atoms with Crippen LogP contribution in [0.3, 0.4) is 0 Å². The molecule has 1 heterocycles. The summed E-state index contributed by atoms with van der Waals surface area (Å²) in [5, 5.41) is 4.18. The largest absolute Gasteiger partial charge is 0.496 e. The first-order chi connectivity index (χ1) is 14.2. The van der Waals surface area contributed by atoms with E-state index in [9.17, 15) is 9.59 Å². The molecule has 0 atom stereocenters. The predicted octanol–water partition coefficient (Wildman–Crippen LogP) is 3.42. The summed E-state index contributed by atoms with van der Waals surface area (Å²) in [4.78, 5) is 24.7. The summed E-state index contributed by atoms with van der Waals surface area (Å²) in [6.07, 6.45) is 0. The fourth-order valence-corrected chi connectivity index (χ4v) is 3.15. The van der Waals surface area contributed by atoms with Gasteiger partial charge < -0.3 is 24.3 Å². The highest BCUT2D eigenvalue weighted by molar-refractivity contribution is 6.07. The van der Waals surface area contributed by atoms with E-state index < -0.39 is 18.5 Å². The van der Waals surface area contributed by atoms with Crippen molar-refractivity contribution in [3.8, 4) is 17.2 Å². The first-order valence-electron chi connectivity index (χ1n) is 9.08. The molecule has 0 saturated carbocycles. The number of carbonyl (C=O) groups is 2. The van der Waals surface area contributed by atoms with Crippen LogP contribution < -0.4 is 19.5 Å². The van der Waals surface area contributed by atoms with Crippen molar-refractivity contribution in [2.45, 2.75) is 0 Å². The molecule has 1 aliphatic heterocycles. The monoisotopic (exact) mass is 393 g/mol. The third-order valence-electron chi connectivity index (χ3n) is 4.48. The Bertz CT molecular complexity index is 1080. The number of amides is 1. The third kappa shape index (κ3) is 3.94. The summed E-state index contributed by atoms with van der Waals surface area (Å²) < 4.78 is 21.5. The maximum atomic E-state index is 12.5. The molecule has 0 unspecified atom stereocenters. The topological polar surface area (TPSA) is 83.1 Å². The van der Waals surface area contributed by atoms with Crippen molar-refractivity contribution in [2.24, 2.45) is 0 Å². The Balaban J connectivity index is 1.42. The molecule has 0 spiro atoms. The molecule has 0 aliphatic carbocycles. The Labute approximate surface area is 167 Å². The van der Waals surface area contributed by atoms with Gasteiger partial charge in [0.1, 0.15) is 19.0 Å². The molecule has 4 rings (SSSR count). The molecule has 1 N–H and O–H groups in total. The number of ether oxygens (including phenoxy) is 4. The number of fused-ring (bicyclic) bond motifs is 2. The van der Waals surface area contributed by atoms with Crippen LogP contribution in [0.4, 0.5) is 5.69 Å². The van der Waals surface area contributed by atoms with E-state index in [0.717, 1.165) is 5.39 Å². The quantitative estimate of drug-likeness (QED) is 0.669. The number of benzene rings is 3. The Morgan fingerprint density at radius 1 is 0.966 bits per heavy atom. The molecule has 3 aromatic carbocycles. The minimum Gasteiger partial charge on any atom is -0.496 e. The zero-order chi connectivity index (χ0) is 20.2. The second-order valence-electron chi connectivity index (χ2n) is 6.34. The first-order valence-corrected chi connectivity index (χ1v) is 9.08. The molecule has 0 bridgehead atoms. The van der Waals surface area contributed by atoms with Gasteiger partial charge in [0.25, 0.3) is 5.91 Å². The highest BCUT2D eigenvalue weighted by atomic mass is 16.6. The van der Waals surface area contributed by atoms with E-state index in [1.54, 1.807) is 37.4 Å². The summed E-state index contributed by atoms with van der Waals surface area (Å²) in [6.45, 7) is 0.542. The van der Waals surface area contributed by atoms with E-state index in [1.807, 2.05) is 24.3 Å². The van der Waals surface area contributed by atoms with Gasteiger partial charge in [0, 0.05) is 17.1 Å². The van der Waals surface area contributed by atoms with E-state index >= 15 is 0 Å². The second-order valence-corrected chi connectivity index (χ2v) is 6.34. The van der Waals surface area contributed by atoms with Gasteiger partial charge in [-0.2, -0.15) is 0 Å². The zero-order valence-electron chi connectivity index (χ0n) is 15.8. The molecule has 1 aliphatic rings. The lowest BCUT2D eigenvalue weighted by Crippen LogP contribution is -2.21. The standard InChI is InChI=1S/C22H19NO6/c1-26-18-9-7-17(15-4-2-3-5-16(15)18)22(25)29-13-21(24)23-14-6-8-19-20(12-14)28-11-10-27-19/h2-9,12H,10-11,13H2,1H3,(H,23,24). The number of rotatable bonds is 5. The fraction of sp³-hybridized carbons (Fsp3) is 0.182. The van der Waals surface area contributed by atoms with Crippen LogP contribution in [0, 0.1) is 0 Å². The van der Waals surface area contributed by atoms with E-state index in [-0.39, 0.29) is 0 Å². The lowest BCUT2D eigenvalue weighted by atomic mass is 10.0. The van der Waals surface area contributed by atoms with Crippen LogP contribution in [0.2, 0.25) is 0 Å². The van der Waals surface area contributed by atoms with Gasteiger partial charge in [0.2, 0.25) is 0 Å². The van der Waals surface area contributed by atoms with Crippen LogP contribution in [0.15, 0.2) is 54.6 Å². The Kier molecular flexibility index (Phi) is 5.20. The number of esters is 1. The molecule has 1 amide bonds. The molecule has 0 fully saturated rings. The summed E-state index contributed by atoms with van der Waals surface area (Å²) in [7, 11) is 1.57. The van der Waals surface area contributed by atoms with Crippen molar-refractivity contribution in [3.05, 3.63) is 60.2 Å². The molecule has 29 heavy (non-hydrogen) atoms. The van der Waals surface area contributed by atoms with Gasteiger partial charge in [0.15, 0.2) is 18.1 Å².